The predicted octanol–water partition coefficient (Wildman–Crippen LogP) is 6.24. The van der Waals surface area contributed by atoms with Crippen molar-refractivity contribution in [2.24, 2.45) is 0 Å². The average Bonchev–Trinajstić information content (AvgIpc) is 2.56. The van der Waals surface area contributed by atoms with Crippen LogP contribution in [0.1, 0.15) is 43.0 Å². The van der Waals surface area contributed by atoms with Gasteiger partial charge in [0.05, 0.1) is 5.52 Å². The van der Waals surface area contributed by atoms with Crippen LogP contribution in [0.5, 0.6) is 0 Å². The first-order valence-corrected chi connectivity index (χ1v) is 9.45. The number of nitrogens with zero attached hydrogens (tertiary/aromatic N) is 1. The molecule has 3 aromatic rings. The minimum atomic E-state index is 0.129. The lowest BCUT2D eigenvalue weighted by atomic mass is 9.85. The first-order chi connectivity index (χ1) is 11.8. The molecule has 1 heterocycles. The van der Waals surface area contributed by atoms with Crippen LogP contribution < -0.4 is 5.32 Å². The summed E-state index contributed by atoms with van der Waals surface area (Å²) in [6, 6.07) is 15.2. The second-order valence-corrected chi connectivity index (χ2v) is 8.52. The third-order valence-electron chi connectivity index (χ3n) is 4.71. The number of hydrogen-bond donors (Lipinski definition) is 1. The molecule has 1 aromatic heterocycles. The number of benzene rings is 2. The summed E-state index contributed by atoms with van der Waals surface area (Å²) in [4.78, 5) is 4.75. The molecule has 0 aliphatic rings. The van der Waals surface area contributed by atoms with Gasteiger partial charge in [-0.25, -0.2) is 4.98 Å². The van der Waals surface area contributed by atoms with Crippen molar-refractivity contribution in [3.05, 3.63) is 69.2 Å². The van der Waals surface area contributed by atoms with Gasteiger partial charge in [0, 0.05) is 16.9 Å². The van der Waals surface area contributed by atoms with Gasteiger partial charge < -0.3 is 5.32 Å². The summed E-state index contributed by atoms with van der Waals surface area (Å²) < 4.78 is 1.14. The lowest BCUT2D eigenvalue weighted by Crippen LogP contribution is -2.11. The van der Waals surface area contributed by atoms with Crippen LogP contribution in [0.25, 0.3) is 10.9 Å². The van der Waals surface area contributed by atoms with E-state index in [1.165, 1.54) is 27.6 Å². The fraction of sp³-hybridized carbons (Fsp3) is 0.318. The number of rotatable bonds is 3. The minimum absolute atomic E-state index is 0.129. The summed E-state index contributed by atoms with van der Waals surface area (Å²) in [6.07, 6.45) is 0.895. The Labute approximate surface area is 158 Å². The van der Waals surface area contributed by atoms with E-state index in [0.717, 1.165) is 22.2 Å². The average molecular weight is 397 g/mol. The number of nitrogens with one attached hydrogen (secondary N) is 1. The molecular weight excluding hydrogens is 372 g/mol. The zero-order valence-corrected chi connectivity index (χ0v) is 17.2. The molecule has 2 nitrogen and oxygen atoms in total. The van der Waals surface area contributed by atoms with E-state index in [4.69, 9.17) is 4.98 Å². The monoisotopic (exact) mass is 396 g/mol. The zero-order chi connectivity index (χ0) is 18.2. The lowest BCUT2D eigenvalue weighted by molar-refractivity contribution is 0.589. The number of hydrogen-bond acceptors (Lipinski definition) is 2. The van der Waals surface area contributed by atoms with E-state index in [1.54, 1.807) is 0 Å². The second-order valence-electron chi connectivity index (χ2n) is 7.61. The van der Waals surface area contributed by atoms with Crippen molar-refractivity contribution in [1.29, 1.82) is 0 Å². The van der Waals surface area contributed by atoms with Crippen molar-refractivity contribution in [1.82, 2.24) is 4.98 Å². The third kappa shape index (κ3) is 3.72. The molecule has 3 heteroatoms. The Balaban J connectivity index is 2.15. The van der Waals surface area contributed by atoms with Crippen LogP contribution in [0.2, 0.25) is 0 Å². The highest BCUT2D eigenvalue weighted by molar-refractivity contribution is 9.10. The van der Waals surface area contributed by atoms with Crippen molar-refractivity contribution in [2.75, 3.05) is 12.4 Å². The molecule has 0 fully saturated rings. The number of fused-ring (bicyclic) bond motifs is 1. The molecule has 130 valence electrons. The highest BCUT2D eigenvalue weighted by Crippen LogP contribution is 2.31. The molecule has 0 spiro atoms. The van der Waals surface area contributed by atoms with Crippen molar-refractivity contribution < 1.29 is 0 Å². The van der Waals surface area contributed by atoms with Gasteiger partial charge in [-0.2, -0.15) is 0 Å². The van der Waals surface area contributed by atoms with E-state index < -0.39 is 0 Å². The lowest BCUT2D eigenvalue weighted by Gasteiger charge is -2.21. The molecular formula is C22H25BrN2. The molecule has 3 rings (SSSR count). The van der Waals surface area contributed by atoms with Crippen molar-refractivity contribution in [3.8, 4) is 0 Å². The Morgan fingerprint density at radius 2 is 1.80 bits per heavy atom. The van der Waals surface area contributed by atoms with E-state index in [0.29, 0.717) is 0 Å². The number of pyridine rings is 1. The van der Waals surface area contributed by atoms with E-state index in [-0.39, 0.29) is 5.41 Å². The van der Waals surface area contributed by atoms with Crippen molar-refractivity contribution >= 4 is 32.7 Å². The Hall–Kier alpha value is -1.87. The molecule has 0 radical (unpaired) electrons. The van der Waals surface area contributed by atoms with E-state index in [9.17, 15) is 0 Å². The summed E-state index contributed by atoms with van der Waals surface area (Å²) in [5.41, 5.74) is 6.40. The SMILES string of the molecule is CNc1nc2ccccc2c(Cc2cc(Br)cc(C(C)(C)C)c2)c1C. The molecule has 0 saturated carbocycles. The molecule has 1 N–H and O–H groups in total. The molecule has 2 aromatic carbocycles. The molecule has 0 bridgehead atoms. The maximum atomic E-state index is 4.75. The first kappa shape index (κ1) is 17.9. The van der Waals surface area contributed by atoms with Gasteiger partial charge in [0.15, 0.2) is 0 Å². The van der Waals surface area contributed by atoms with Gasteiger partial charge in [-0.1, -0.05) is 61.0 Å². The Morgan fingerprint density at radius 3 is 2.48 bits per heavy atom. The zero-order valence-electron chi connectivity index (χ0n) is 15.6. The van der Waals surface area contributed by atoms with Crippen LogP contribution in [0.3, 0.4) is 0 Å². The van der Waals surface area contributed by atoms with Crippen LogP contribution in [0.15, 0.2) is 46.9 Å². The normalized spacial score (nSPS) is 11.8. The number of para-hydroxylation sites is 1. The number of aromatic nitrogens is 1. The van der Waals surface area contributed by atoms with E-state index >= 15 is 0 Å². The third-order valence-corrected chi connectivity index (χ3v) is 5.17. The standard InChI is InChI=1S/C22H25BrN2/c1-14-19(18-8-6-7-9-20(18)25-21(14)24-5)12-15-10-16(22(2,3)4)13-17(23)11-15/h6-11,13H,12H2,1-5H3,(H,24,25). The summed E-state index contributed by atoms with van der Waals surface area (Å²) in [6.45, 7) is 8.92. The molecule has 0 saturated heterocycles. The van der Waals surface area contributed by atoms with Crippen LogP contribution in [-0.4, -0.2) is 12.0 Å². The van der Waals surface area contributed by atoms with Crippen LogP contribution >= 0.6 is 15.9 Å². The maximum Gasteiger partial charge on any atom is 0.129 e. The number of halogens is 1. The summed E-state index contributed by atoms with van der Waals surface area (Å²) in [5, 5.41) is 4.47. The topological polar surface area (TPSA) is 24.9 Å². The van der Waals surface area contributed by atoms with Crippen LogP contribution in [-0.2, 0) is 11.8 Å². The quantitative estimate of drug-likeness (QED) is 0.566. The first-order valence-electron chi connectivity index (χ1n) is 8.65. The highest BCUT2D eigenvalue weighted by atomic mass is 79.9. The van der Waals surface area contributed by atoms with Gasteiger partial charge >= 0.3 is 0 Å². The molecule has 0 amide bonds. The number of anilines is 1. The van der Waals surface area contributed by atoms with Gasteiger partial charge in [-0.3, -0.25) is 0 Å². The molecule has 0 aliphatic carbocycles. The molecule has 25 heavy (non-hydrogen) atoms. The highest BCUT2D eigenvalue weighted by Gasteiger charge is 2.17. The Morgan fingerprint density at radius 1 is 1.08 bits per heavy atom. The second kappa shape index (κ2) is 6.80. The largest absolute Gasteiger partial charge is 0.373 e. The summed E-state index contributed by atoms with van der Waals surface area (Å²) >= 11 is 3.69. The fourth-order valence-electron chi connectivity index (χ4n) is 3.24. The van der Waals surface area contributed by atoms with Gasteiger partial charge in [0.25, 0.3) is 0 Å². The summed E-state index contributed by atoms with van der Waals surface area (Å²) in [7, 11) is 1.94. The van der Waals surface area contributed by atoms with E-state index in [1.807, 2.05) is 13.1 Å². The minimum Gasteiger partial charge on any atom is -0.373 e. The Bertz CT molecular complexity index is 923. The van der Waals surface area contributed by atoms with Crippen LogP contribution in [0, 0.1) is 6.92 Å². The van der Waals surface area contributed by atoms with Gasteiger partial charge in [0.2, 0.25) is 0 Å². The molecule has 0 aliphatic heterocycles. The van der Waals surface area contributed by atoms with Gasteiger partial charge in [0.1, 0.15) is 5.82 Å². The van der Waals surface area contributed by atoms with Gasteiger partial charge in [-0.15, -0.1) is 0 Å². The maximum absolute atomic E-state index is 4.75. The van der Waals surface area contributed by atoms with Crippen LogP contribution in [0.4, 0.5) is 5.82 Å². The Kier molecular flexibility index (Phi) is 4.88. The fourth-order valence-corrected chi connectivity index (χ4v) is 3.78. The van der Waals surface area contributed by atoms with E-state index in [2.05, 4.69) is 85.3 Å². The van der Waals surface area contributed by atoms with Gasteiger partial charge in [-0.05, 0) is 59.2 Å². The molecule has 0 unspecified atom stereocenters. The predicted molar refractivity (Wildman–Crippen MR) is 112 cm³/mol. The summed E-state index contributed by atoms with van der Waals surface area (Å²) in [5.74, 6) is 0.958. The van der Waals surface area contributed by atoms with Crippen molar-refractivity contribution in [3.63, 3.8) is 0 Å². The smallest absolute Gasteiger partial charge is 0.129 e. The molecule has 0 atom stereocenters. The van der Waals surface area contributed by atoms with Crippen molar-refractivity contribution in [2.45, 2.75) is 39.5 Å².